The fourth-order valence-electron chi connectivity index (χ4n) is 8.11. The summed E-state index contributed by atoms with van der Waals surface area (Å²) in [7, 11) is 0. The number of fused-ring (bicyclic) bond motifs is 1. The maximum Gasteiger partial charge on any atom is 0.220 e. The van der Waals surface area contributed by atoms with E-state index in [2.05, 4.69) is 34.9 Å². The van der Waals surface area contributed by atoms with Gasteiger partial charge in [0.1, 0.15) is 12.2 Å². The number of benzene rings is 1. The van der Waals surface area contributed by atoms with Gasteiger partial charge in [-0.2, -0.15) is 0 Å². The number of carbonyl (C=O) groups is 1. The van der Waals surface area contributed by atoms with Crippen molar-refractivity contribution in [2.45, 2.75) is 87.7 Å². The summed E-state index contributed by atoms with van der Waals surface area (Å²) >= 11 is 0. The summed E-state index contributed by atoms with van der Waals surface area (Å²) < 4.78 is 5.67. The van der Waals surface area contributed by atoms with Crippen LogP contribution in [0.3, 0.4) is 0 Å². The van der Waals surface area contributed by atoms with Gasteiger partial charge in [0.05, 0.1) is 0 Å². The molecule has 0 bridgehead atoms. The van der Waals surface area contributed by atoms with E-state index in [1.54, 1.807) is 0 Å². The Balaban J connectivity index is 1.50. The van der Waals surface area contributed by atoms with Crippen LogP contribution in [0.1, 0.15) is 51.0 Å². The van der Waals surface area contributed by atoms with Crippen LogP contribution in [0.2, 0.25) is 0 Å². The maximum atomic E-state index is 12.0. The van der Waals surface area contributed by atoms with Crippen LogP contribution in [-0.2, 0) is 14.9 Å². The first-order chi connectivity index (χ1) is 14.9. The van der Waals surface area contributed by atoms with Crippen LogP contribution < -0.4 is 4.90 Å². The van der Waals surface area contributed by atoms with Crippen LogP contribution in [0.25, 0.3) is 0 Å². The molecule has 168 valence electrons. The van der Waals surface area contributed by atoms with Crippen LogP contribution in [0, 0.1) is 5.41 Å². The number of anilines is 1. The lowest BCUT2D eigenvalue weighted by Gasteiger charge is -2.59. The van der Waals surface area contributed by atoms with Gasteiger partial charge in [-0.15, -0.1) is 0 Å². The second kappa shape index (κ2) is 6.75. The highest BCUT2D eigenvalue weighted by atomic mass is 16.6. The van der Waals surface area contributed by atoms with E-state index in [9.17, 15) is 20.1 Å². The molecule has 3 N–H and O–H groups in total. The molecule has 7 heteroatoms. The quantitative estimate of drug-likeness (QED) is 0.650. The van der Waals surface area contributed by atoms with Crippen molar-refractivity contribution in [2.24, 2.45) is 5.41 Å². The molecule has 4 heterocycles. The molecular weight excluding hydrogens is 396 g/mol. The molecule has 1 aliphatic carbocycles. The number of nitrogens with zero attached hydrogens (tertiary/aromatic N) is 2. The third kappa shape index (κ3) is 2.39. The van der Waals surface area contributed by atoms with Gasteiger partial charge >= 0.3 is 0 Å². The molecule has 0 amide bonds. The normalized spacial score (nSPS) is 46.6. The van der Waals surface area contributed by atoms with E-state index in [-0.39, 0.29) is 11.5 Å². The minimum atomic E-state index is -1.72. The van der Waals surface area contributed by atoms with E-state index >= 15 is 0 Å². The molecule has 8 atom stereocenters. The molecule has 4 aliphatic heterocycles. The number of piperidine rings is 1. The largest absolute Gasteiger partial charge is 0.385 e. The van der Waals surface area contributed by atoms with Gasteiger partial charge in [0.25, 0.3) is 0 Å². The lowest BCUT2D eigenvalue weighted by Crippen LogP contribution is -2.68. The lowest BCUT2D eigenvalue weighted by molar-refractivity contribution is -0.222. The fourth-order valence-corrected chi connectivity index (χ4v) is 8.11. The predicted molar refractivity (Wildman–Crippen MR) is 113 cm³/mol. The van der Waals surface area contributed by atoms with Gasteiger partial charge in [0.15, 0.2) is 6.23 Å². The van der Waals surface area contributed by atoms with E-state index in [0.29, 0.717) is 11.5 Å². The smallest absolute Gasteiger partial charge is 0.220 e. The highest BCUT2D eigenvalue weighted by molar-refractivity contribution is 5.87. The third-order valence-electron chi connectivity index (χ3n) is 9.29. The van der Waals surface area contributed by atoms with Crippen molar-refractivity contribution in [3.8, 4) is 0 Å². The number of para-hydroxylation sites is 1. The standard InChI is InChI=1S/C24H32N2O5/c1-2-23-9-5-12-25-13-11-24(22(23)25)14-6-3-4-7-15(14)26(16(24)8-10-23)20-18(28)17(27)19(29)21(30)31-20/h3-4,6-7,16-18,20-22,27-28,30H,2,5,8-13H2,1H3. The number of hydrogen-bond acceptors (Lipinski definition) is 7. The Hall–Kier alpha value is -1.51. The van der Waals surface area contributed by atoms with E-state index in [1.165, 1.54) is 24.8 Å². The van der Waals surface area contributed by atoms with Crippen molar-refractivity contribution in [2.75, 3.05) is 18.0 Å². The highest BCUT2D eigenvalue weighted by Crippen LogP contribution is 2.65. The summed E-state index contributed by atoms with van der Waals surface area (Å²) in [5.74, 6) is -0.876. The average Bonchev–Trinajstić information content (AvgIpc) is 3.33. The topological polar surface area (TPSA) is 93.5 Å². The Morgan fingerprint density at radius 2 is 1.94 bits per heavy atom. The molecule has 0 radical (unpaired) electrons. The molecule has 3 saturated heterocycles. The van der Waals surface area contributed by atoms with Crippen molar-refractivity contribution in [3.63, 3.8) is 0 Å². The van der Waals surface area contributed by atoms with Gasteiger partial charge in [0, 0.05) is 23.2 Å². The zero-order valence-corrected chi connectivity index (χ0v) is 18.0. The summed E-state index contributed by atoms with van der Waals surface area (Å²) in [6.07, 6.45) is 1.10. The Bertz CT molecular complexity index is 910. The summed E-state index contributed by atoms with van der Waals surface area (Å²) in [4.78, 5) is 16.8. The van der Waals surface area contributed by atoms with Gasteiger partial charge in [0.2, 0.25) is 12.1 Å². The molecule has 6 rings (SSSR count). The first-order valence-electron chi connectivity index (χ1n) is 11.8. The molecular formula is C24H32N2O5. The van der Waals surface area contributed by atoms with Crippen molar-refractivity contribution >= 4 is 11.5 Å². The Kier molecular flexibility index (Phi) is 4.38. The van der Waals surface area contributed by atoms with Gasteiger partial charge in [-0.1, -0.05) is 25.1 Å². The summed E-state index contributed by atoms with van der Waals surface area (Å²) in [5, 5.41) is 31.3. The number of aliphatic hydroxyl groups excluding tert-OH is 3. The van der Waals surface area contributed by atoms with Crippen molar-refractivity contribution in [1.82, 2.24) is 4.90 Å². The molecule has 1 saturated carbocycles. The lowest BCUT2D eigenvalue weighted by atomic mass is 9.52. The maximum absolute atomic E-state index is 12.0. The zero-order valence-electron chi connectivity index (χ0n) is 18.0. The number of aliphatic hydroxyl groups is 3. The number of rotatable bonds is 2. The van der Waals surface area contributed by atoms with Crippen LogP contribution >= 0.6 is 0 Å². The number of ketones is 1. The van der Waals surface area contributed by atoms with E-state index < -0.39 is 30.5 Å². The Morgan fingerprint density at radius 3 is 2.74 bits per heavy atom. The number of carbonyl (C=O) groups excluding carboxylic acids is 1. The van der Waals surface area contributed by atoms with Gasteiger partial charge in [-0.05, 0) is 68.7 Å². The molecule has 31 heavy (non-hydrogen) atoms. The highest BCUT2D eigenvalue weighted by Gasteiger charge is 2.69. The average molecular weight is 429 g/mol. The van der Waals surface area contributed by atoms with Gasteiger partial charge in [-0.3, -0.25) is 9.69 Å². The molecule has 8 unspecified atom stereocenters. The minimum Gasteiger partial charge on any atom is -0.385 e. The SMILES string of the molecule is CCC12CCCN3CCC4(c5ccccc5N(C5OC(O)C(=O)C(O)C5O)C4CC1)C32. The fraction of sp³-hybridized carbons (Fsp3) is 0.708. The van der Waals surface area contributed by atoms with Gasteiger partial charge < -0.3 is 25.0 Å². The third-order valence-corrected chi connectivity index (χ3v) is 9.29. The predicted octanol–water partition coefficient (Wildman–Crippen LogP) is 1.14. The second-order valence-corrected chi connectivity index (χ2v) is 10.2. The summed E-state index contributed by atoms with van der Waals surface area (Å²) in [5.41, 5.74) is 2.54. The zero-order chi connectivity index (χ0) is 21.5. The van der Waals surface area contributed by atoms with Crippen molar-refractivity contribution in [3.05, 3.63) is 29.8 Å². The van der Waals surface area contributed by atoms with E-state index in [1.807, 2.05) is 6.07 Å². The first-order valence-corrected chi connectivity index (χ1v) is 11.8. The number of ether oxygens (including phenoxy) is 1. The Labute approximate surface area is 182 Å². The summed E-state index contributed by atoms with van der Waals surface area (Å²) in [6.45, 7) is 4.54. The van der Waals surface area contributed by atoms with Crippen LogP contribution in [0.15, 0.2) is 24.3 Å². The number of hydrogen-bond donors (Lipinski definition) is 3. The summed E-state index contributed by atoms with van der Waals surface area (Å²) in [6, 6.07) is 8.92. The molecule has 4 fully saturated rings. The first kappa shape index (κ1) is 20.1. The molecule has 1 aromatic carbocycles. The van der Waals surface area contributed by atoms with Crippen molar-refractivity contribution < 1.29 is 24.9 Å². The van der Waals surface area contributed by atoms with Crippen LogP contribution in [-0.4, -0.2) is 75.9 Å². The Morgan fingerprint density at radius 1 is 1.13 bits per heavy atom. The van der Waals surface area contributed by atoms with Crippen molar-refractivity contribution in [1.29, 1.82) is 0 Å². The molecule has 0 aromatic heterocycles. The van der Waals surface area contributed by atoms with Crippen LogP contribution in [0.5, 0.6) is 0 Å². The van der Waals surface area contributed by atoms with E-state index in [0.717, 1.165) is 38.0 Å². The molecule has 1 spiro atoms. The second-order valence-electron chi connectivity index (χ2n) is 10.2. The minimum absolute atomic E-state index is 0.0638. The number of Topliss-reactive ketones (excluding diaryl/α,β-unsaturated/α-hetero) is 1. The molecule has 5 aliphatic rings. The van der Waals surface area contributed by atoms with E-state index in [4.69, 9.17) is 4.74 Å². The molecule has 1 aromatic rings. The monoisotopic (exact) mass is 428 g/mol. The van der Waals surface area contributed by atoms with Crippen LogP contribution in [0.4, 0.5) is 5.69 Å². The molecule has 7 nitrogen and oxygen atoms in total. The van der Waals surface area contributed by atoms with Gasteiger partial charge in [-0.25, -0.2) is 0 Å².